The molecule has 0 bridgehead atoms. The smallest absolute Gasteiger partial charge is 0.261 e. The molecule has 0 saturated heterocycles. The molecule has 0 aliphatic carbocycles. The Morgan fingerprint density at radius 3 is 2.85 bits per heavy atom. The lowest BCUT2D eigenvalue weighted by molar-refractivity contribution is 0.0188. The molecule has 0 atom stereocenters. The van der Waals surface area contributed by atoms with Gasteiger partial charge in [0.2, 0.25) is 0 Å². The van der Waals surface area contributed by atoms with Crippen LogP contribution >= 0.6 is 0 Å². The zero-order valence-corrected chi connectivity index (χ0v) is 11.6. The van der Waals surface area contributed by atoms with Crippen LogP contribution in [-0.2, 0) is 4.74 Å². The summed E-state index contributed by atoms with van der Waals surface area (Å²) in [6.07, 6.45) is -2.49. The number of ether oxygens (including phenoxy) is 1. The number of pyridine rings is 1. The third kappa shape index (κ3) is 5.92. The summed E-state index contributed by atoms with van der Waals surface area (Å²) in [6, 6.07) is 3.31. The topological polar surface area (TPSA) is 63.2 Å². The van der Waals surface area contributed by atoms with Gasteiger partial charge < -0.3 is 15.4 Å². The van der Waals surface area contributed by atoms with Gasteiger partial charge in [0.25, 0.3) is 12.3 Å². The lowest BCUT2D eigenvalue weighted by Gasteiger charge is -2.09. The SMILES string of the molecule is CCNc1cc(C(=O)NCCOCC(F)F)cc(C)n1. The van der Waals surface area contributed by atoms with Gasteiger partial charge in [-0.05, 0) is 26.0 Å². The second-order valence-corrected chi connectivity index (χ2v) is 4.13. The first kappa shape index (κ1) is 16.3. The maximum absolute atomic E-state index is 11.9. The average Bonchev–Trinajstić information content (AvgIpc) is 2.37. The van der Waals surface area contributed by atoms with Gasteiger partial charge in [-0.1, -0.05) is 0 Å². The van der Waals surface area contributed by atoms with Crippen molar-refractivity contribution in [2.24, 2.45) is 0 Å². The Balaban J connectivity index is 2.46. The third-order valence-corrected chi connectivity index (χ3v) is 2.35. The molecular formula is C13H19F2N3O2. The number of nitrogens with one attached hydrogen (secondary N) is 2. The molecule has 7 heteroatoms. The van der Waals surface area contributed by atoms with Crippen molar-refractivity contribution in [2.45, 2.75) is 20.3 Å². The van der Waals surface area contributed by atoms with Crippen molar-refractivity contribution in [3.05, 3.63) is 23.4 Å². The maximum atomic E-state index is 11.9. The van der Waals surface area contributed by atoms with E-state index in [1.807, 2.05) is 6.92 Å². The summed E-state index contributed by atoms with van der Waals surface area (Å²) in [5.74, 6) is 0.349. The molecular weight excluding hydrogens is 268 g/mol. The van der Waals surface area contributed by atoms with E-state index >= 15 is 0 Å². The quantitative estimate of drug-likeness (QED) is 0.716. The first-order chi connectivity index (χ1) is 9.52. The van der Waals surface area contributed by atoms with Crippen LogP contribution in [0.4, 0.5) is 14.6 Å². The minimum absolute atomic E-state index is 0.0558. The molecule has 2 N–H and O–H groups in total. The summed E-state index contributed by atoms with van der Waals surface area (Å²) in [4.78, 5) is 16.1. The molecule has 0 fully saturated rings. The highest BCUT2D eigenvalue weighted by molar-refractivity contribution is 5.94. The number of aryl methyl sites for hydroxylation is 1. The highest BCUT2D eigenvalue weighted by Gasteiger charge is 2.08. The van der Waals surface area contributed by atoms with E-state index in [1.165, 1.54) is 0 Å². The first-order valence-corrected chi connectivity index (χ1v) is 6.39. The molecule has 1 aromatic rings. The minimum Gasteiger partial charge on any atom is -0.374 e. The maximum Gasteiger partial charge on any atom is 0.261 e. The molecule has 5 nitrogen and oxygen atoms in total. The standard InChI is InChI=1S/C13H19F2N3O2/c1-3-16-12-7-10(6-9(2)18-12)13(19)17-4-5-20-8-11(14)15/h6-7,11H,3-5,8H2,1-2H3,(H,16,18)(H,17,19). The monoisotopic (exact) mass is 287 g/mol. The van der Waals surface area contributed by atoms with E-state index in [0.29, 0.717) is 17.9 Å². The van der Waals surface area contributed by atoms with Gasteiger partial charge in [-0.3, -0.25) is 4.79 Å². The number of rotatable bonds is 8. The van der Waals surface area contributed by atoms with Crippen LogP contribution in [0.3, 0.4) is 0 Å². The largest absolute Gasteiger partial charge is 0.374 e. The van der Waals surface area contributed by atoms with Crippen molar-refractivity contribution in [1.29, 1.82) is 0 Å². The number of halogens is 2. The molecule has 112 valence electrons. The summed E-state index contributed by atoms with van der Waals surface area (Å²) in [5.41, 5.74) is 1.20. The van der Waals surface area contributed by atoms with Gasteiger partial charge in [-0.2, -0.15) is 0 Å². The molecule has 1 heterocycles. The van der Waals surface area contributed by atoms with Crippen LogP contribution in [0.25, 0.3) is 0 Å². The van der Waals surface area contributed by atoms with E-state index in [-0.39, 0.29) is 19.1 Å². The van der Waals surface area contributed by atoms with Crippen molar-refractivity contribution in [2.75, 3.05) is 31.6 Å². The molecule has 20 heavy (non-hydrogen) atoms. The average molecular weight is 287 g/mol. The van der Waals surface area contributed by atoms with Crippen LogP contribution in [-0.4, -0.2) is 43.6 Å². The molecule has 0 aliphatic rings. The Morgan fingerprint density at radius 1 is 1.45 bits per heavy atom. The van der Waals surface area contributed by atoms with Crippen molar-refractivity contribution in [3.63, 3.8) is 0 Å². The fourth-order valence-electron chi connectivity index (χ4n) is 1.58. The number of aromatic nitrogens is 1. The second-order valence-electron chi connectivity index (χ2n) is 4.13. The molecule has 0 aliphatic heterocycles. The number of carbonyl (C=O) groups is 1. The zero-order chi connectivity index (χ0) is 15.0. The van der Waals surface area contributed by atoms with E-state index in [4.69, 9.17) is 0 Å². The predicted octanol–water partition coefficient (Wildman–Crippen LogP) is 1.83. The summed E-state index contributed by atoms with van der Waals surface area (Å²) in [6.45, 7) is 4.06. The Bertz CT molecular complexity index is 442. The van der Waals surface area contributed by atoms with E-state index in [9.17, 15) is 13.6 Å². The Morgan fingerprint density at radius 2 is 2.20 bits per heavy atom. The molecule has 0 radical (unpaired) electrons. The van der Waals surface area contributed by atoms with Gasteiger partial charge in [0.15, 0.2) is 0 Å². The lowest BCUT2D eigenvalue weighted by atomic mass is 10.2. The van der Waals surface area contributed by atoms with Crippen molar-refractivity contribution in [3.8, 4) is 0 Å². The molecule has 1 rings (SSSR count). The van der Waals surface area contributed by atoms with Crippen LogP contribution < -0.4 is 10.6 Å². The van der Waals surface area contributed by atoms with Gasteiger partial charge >= 0.3 is 0 Å². The first-order valence-electron chi connectivity index (χ1n) is 6.39. The van der Waals surface area contributed by atoms with Crippen LogP contribution in [0.15, 0.2) is 12.1 Å². The molecule has 1 amide bonds. The Labute approximate surface area is 116 Å². The van der Waals surface area contributed by atoms with Crippen LogP contribution in [0, 0.1) is 6.92 Å². The lowest BCUT2D eigenvalue weighted by Crippen LogP contribution is -2.28. The van der Waals surface area contributed by atoms with E-state index < -0.39 is 13.0 Å². The fourth-order valence-corrected chi connectivity index (χ4v) is 1.58. The van der Waals surface area contributed by atoms with Gasteiger partial charge in [0.1, 0.15) is 12.4 Å². The Hall–Kier alpha value is -1.76. The van der Waals surface area contributed by atoms with Crippen LogP contribution in [0.5, 0.6) is 0 Å². The summed E-state index contributed by atoms with van der Waals surface area (Å²) >= 11 is 0. The molecule has 0 saturated carbocycles. The second kappa shape index (κ2) is 8.42. The van der Waals surface area contributed by atoms with E-state index in [2.05, 4.69) is 20.4 Å². The minimum atomic E-state index is -2.49. The van der Waals surface area contributed by atoms with Gasteiger partial charge in [-0.25, -0.2) is 13.8 Å². The zero-order valence-electron chi connectivity index (χ0n) is 11.6. The van der Waals surface area contributed by atoms with Gasteiger partial charge in [0.05, 0.1) is 6.61 Å². The van der Waals surface area contributed by atoms with Crippen molar-refractivity contribution in [1.82, 2.24) is 10.3 Å². The fraction of sp³-hybridized carbons (Fsp3) is 0.538. The normalized spacial score (nSPS) is 10.7. The van der Waals surface area contributed by atoms with E-state index in [0.717, 1.165) is 5.69 Å². The number of amides is 1. The summed E-state index contributed by atoms with van der Waals surface area (Å²) in [7, 11) is 0. The molecule has 0 spiro atoms. The number of alkyl halides is 2. The molecule has 1 aromatic heterocycles. The Kier molecular flexibility index (Phi) is 6.86. The van der Waals surface area contributed by atoms with Crippen molar-refractivity contribution < 1.29 is 18.3 Å². The molecule has 0 unspecified atom stereocenters. The van der Waals surface area contributed by atoms with Gasteiger partial charge in [-0.15, -0.1) is 0 Å². The van der Waals surface area contributed by atoms with Crippen LogP contribution in [0.2, 0.25) is 0 Å². The number of nitrogens with zero attached hydrogens (tertiary/aromatic N) is 1. The third-order valence-electron chi connectivity index (χ3n) is 2.35. The molecule has 0 aromatic carbocycles. The number of carbonyl (C=O) groups excluding carboxylic acids is 1. The highest BCUT2D eigenvalue weighted by Crippen LogP contribution is 2.09. The highest BCUT2D eigenvalue weighted by atomic mass is 19.3. The number of hydrogen-bond acceptors (Lipinski definition) is 4. The summed E-state index contributed by atoms with van der Waals surface area (Å²) in [5, 5.41) is 5.64. The van der Waals surface area contributed by atoms with Crippen LogP contribution in [0.1, 0.15) is 23.0 Å². The van der Waals surface area contributed by atoms with Crippen molar-refractivity contribution >= 4 is 11.7 Å². The number of anilines is 1. The predicted molar refractivity (Wildman–Crippen MR) is 72.3 cm³/mol. The van der Waals surface area contributed by atoms with Gasteiger partial charge in [0, 0.05) is 24.3 Å². The van der Waals surface area contributed by atoms with E-state index in [1.54, 1.807) is 19.1 Å². The summed E-state index contributed by atoms with van der Waals surface area (Å²) < 4.78 is 28.3. The number of hydrogen-bond donors (Lipinski definition) is 2.